The third kappa shape index (κ3) is 6.89. The van der Waals surface area contributed by atoms with Crippen LogP contribution in [-0.4, -0.2) is 47.0 Å². The molecule has 1 aliphatic rings. The summed E-state index contributed by atoms with van der Waals surface area (Å²) in [5.41, 5.74) is 2.85. The molecule has 1 fully saturated rings. The maximum absolute atomic E-state index is 13.9. The van der Waals surface area contributed by atoms with Crippen LogP contribution in [0.15, 0.2) is 90.1 Å². The van der Waals surface area contributed by atoms with E-state index < -0.39 is 5.82 Å². The van der Waals surface area contributed by atoms with Gasteiger partial charge in [0.1, 0.15) is 16.8 Å². The van der Waals surface area contributed by atoms with E-state index in [0.29, 0.717) is 21.6 Å². The Labute approximate surface area is 230 Å². The van der Waals surface area contributed by atoms with E-state index in [4.69, 9.17) is 16.6 Å². The zero-order valence-corrected chi connectivity index (χ0v) is 22.3. The van der Waals surface area contributed by atoms with Crippen molar-refractivity contribution >= 4 is 40.8 Å². The predicted octanol–water partition coefficient (Wildman–Crippen LogP) is 6.14. The molecule has 0 bridgehead atoms. The summed E-state index contributed by atoms with van der Waals surface area (Å²) in [5, 5.41) is 3.61. The van der Waals surface area contributed by atoms with Gasteiger partial charge in [0.15, 0.2) is 5.16 Å². The van der Waals surface area contributed by atoms with Gasteiger partial charge in [0.2, 0.25) is 0 Å². The van der Waals surface area contributed by atoms with Crippen LogP contribution in [0.4, 0.5) is 15.9 Å². The molecule has 38 heavy (non-hydrogen) atoms. The van der Waals surface area contributed by atoms with Crippen molar-refractivity contribution in [3.63, 3.8) is 0 Å². The monoisotopic (exact) mass is 547 g/mol. The summed E-state index contributed by atoms with van der Waals surface area (Å²) in [6, 6.07) is 25.7. The van der Waals surface area contributed by atoms with Gasteiger partial charge in [-0.3, -0.25) is 9.69 Å². The van der Waals surface area contributed by atoms with Crippen LogP contribution in [0.1, 0.15) is 21.5 Å². The summed E-state index contributed by atoms with van der Waals surface area (Å²) < 4.78 is 13.9. The number of nitrogens with zero attached hydrogens (tertiary/aromatic N) is 4. The first-order valence-corrected chi connectivity index (χ1v) is 13.7. The molecule has 0 atom stereocenters. The number of amides is 1. The quantitative estimate of drug-likeness (QED) is 0.162. The Balaban J connectivity index is 1.19. The summed E-state index contributed by atoms with van der Waals surface area (Å²) >= 11 is 7.82. The number of rotatable bonds is 8. The second kappa shape index (κ2) is 12.4. The Kier molecular flexibility index (Phi) is 8.53. The number of anilines is 2. The molecule has 3 aromatic carbocycles. The summed E-state index contributed by atoms with van der Waals surface area (Å²) in [7, 11) is 0. The maximum atomic E-state index is 13.9. The molecule has 1 amide bonds. The number of halogens is 2. The molecule has 0 saturated carbocycles. The van der Waals surface area contributed by atoms with Gasteiger partial charge in [-0.15, -0.1) is 0 Å². The fourth-order valence-electron chi connectivity index (χ4n) is 4.30. The van der Waals surface area contributed by atoms with Crippen molar-refractivity contribution in [1.29, 1.82) is 0 Å². The Morgan fingerprint density at radius 2 is 1.63 bits per heavy atom. The summed E-state index contributed by atoms with van der Waals surface area (Å²) in [6.07, 6.45) is 0. The van der Waals surface area contributed by atoms with Gasteiger partial charge >= 0.3 is 0 Å². The molecule has 194 valence electrons. The molecule has 0 spiro atoms. The molecular formula is C29H27ClFN5OS. The third-order valence-corrected chi connectivity index (χ3v) is 7.40. The van der Waals surface area contributed by atoms with E-state index in [2.05, 4.69) is 44.4 Å². The Hall–Kier alpha value is -3.46. The highest BCUT2D eigenvalue weighted by Crippen LogP contribution is 2.26. The number of para-hydroxylation sites is 1. The summed E-state index contributed by atoms with van der Waals surface area (Å²) in [5.74, 6) is 0.546. The van der Waals surface area contributed by atoms with Crippen LogP contribution in [0.2, 0.25) is 5.15 Å². The number of carbonyl (C=O) groups is 1. The number of piperazine rings is 1. The number of hydrogen-bond acceptors (Lipinski definition) is 6. The number of thioether (sulfide) groups is 1. The highest BCUT2D eigenvalue weighted by Gasteiger charge is 2.19. The molecular weight excluding hydrogens is 521 g/mol. The topological polar surface area (TPSA) is 61.4 Å². The first-order valence-electron chi connectivity index (χ1n) is 12.4. The lowest BCUT2D eigenvalue weighted by Crippen LogP contribution is -2.46. The van der Waals surface area contributed by atoms with Crippen molar-refractivity contribution in [2.75, 3.05) is 36.4 Å². The van der Waals surface area contributed by atoms with Crippen molar-refractivity contribution in [2.24, 2.45) is 0 Å². The average molecular weight is 548 g/mol. The van der Waals surface area contributed by atoms with Crippen LogP contribution in [-0.2, 0) is 12.3 Å². The normalized spacial score (nSPS) is 13.9. The standard InChI is InChI=1S/C29H27ClFN5OS/c30-26-18-27(36-15-13-35(14-16-36)19-21-7-2-1-3-8-21)34-29(33-26)38-20-22-9-6-10-23(17-22)28(37)32-25-12-5-4-11-24(25)31/h1-12,17-18H,13-16,19-20H2,(H,32,37). The van der Waals surface area contributed by atoms with Crippen LogP contribution < -0.4 is 10.2 Å². The highest BCUT2D eigenvalue weighted by molar-refractivity contribution is 7.98. The van der Waals surface area contributed by atoms with Gasteiger partial charge in [-0.05, 0) is 35.4 Å². The number of carbonyl (C=O) groups excluding carboxylic acids is 1. The van der Waals surface area contributed by atoms with Gasteiger partial charge in [0, 0.05) is 50.1 Å². The average Bonchev–Trinajstić information content (AvgIpc) is 2.94. The Morgan fingerprint density at radius 3 is 2.42 bits per heavy atom. The molecule has 0 radical (unpaired) electrons. The van der Waals surface area contributed by atoms with Crippen LogP contribution in [0.5, 0.6) is 0 Å². The fraction of sp³-hybridized carbons (Fsp3) is 0.207. The van der Waals surface area contributed by atoms with E-state index in [1.54, 1.807) is 24.3 Å². The van der Waals surface area contributed by atoms with E-state index in [9.17, 15) is 9.18 Å². The largest absolute Gasteiger partial charge is 0.354 e. The molecule has 1 N–H and O–H groups in total. The van der Waals surface area contributed by atoms with Gasteiger partial charge in [0.05, 0.1) is 5.69 Å². The zero-order chi connectivity index (χ0) is 26.3. The van der Waals surface area contributed by atoms with Crippen LogP contribution >= 0.6 is 23.4 Å². The van der Waals surface area contributed by atoms with Crippen LogP contribution in [0, 0.1) is 5.82 Å². The van der Waals surface area contributed by atoms with E-state index in [1.165, 1.54) is 29.5 Å². The SMILES string of the molecule is O=C(Nc1ccccc1F)c1cccc(CSc2nc(Cl)cc(N3CCN(Cc4ccccc4)CC3)n2)c1. The molecule has 0 unspecified atom stereocenters. The molecule has 0 aliphatic carbocycles. The lowest BCUT2D eigenvalue weighted by atomic mass is 10.1. The smallest absolute Gasteiger partial charge is 0.255 e. The summed E-state index contributed by atoms with van der Waals surface area (Å²) in [6.45, 7) is 4.56. The number of aromatic nitrogens is 2. The first kappa shape index (κ1) is 26.2. The minimum absolute atomic E-state index is 0.151. The van der Waals surface area contributed by atoms with Crippen molar-refractivity contribution < 1.29 is 9.18 Å². The molecule has 6 nitrogen and oxygen atoms in total. The molecule has 2 heterocycles. The number of nitrogens with one attached hydrogen (secondary N) is 1. The Bertz CT molecular complexity index is 1400. The predicted molar refractivity (Wildman–Crippen MR) is 151 cm³/mol. The van der Waals surface area contributed by atoms with Gasteiger partial charge in [-0.1, -0.05) is 78.0 Å². The molecule has 1 aromatic heterocycles. The first-order chi connectivity index (χ1) is 18.5. The number of benzene rings is 3. The van der Waals surface area contributed by atoms with Crippen molar-refractivity contribution in [3.05, 3.63) is 113 Å². The maximum Gasteiger partial charge on any atom is 0.255 e. The lowest BCUT2D eigenvalue weighted by Gasteiger charge is -2.35. The van der Waals surface area contributed by atoms with E-state index >= 15 is 0 Å². The zero-order valence-electron chi connectivity index (χ0n) is 20.7. The third-order valence-electron chi connectivity index (χ3n) is 6.29. The van der Waals surface area contributed by atoms with Gasteiger partial charge in [0.25, 0.3) is 5.91 Å². The van der Waals surface area contributed by atoms with Crippen molar-refractivity contribution in [3.8, 4) is 0 Å². The van der Waals surface area contributed by atoms with Crippen molar-refractivity contribution in [1.82, 2.24) is 14.9 Å². The van der Waals surface area contributed by atoms with Crippen molar-refractivity contribution in [2.45, 2.75) is 17.5 Å². The molecule has 1 aliphatic heterocycles. The lowest BCUT2D eigenvalue weighted by molar-refractivity contribution is 0.102. The van der Waals surface area contributed by atoms with E-state index in [-0.39, 0.29) is 11.6 Å². The van der Waals surface area contributed by atoms with Crippen LogP contribution in [0.3, 0.4) is 0 Å². The Morgan fingerprint density at radius 1 is 0.895 bits per heavy atom. The second-order valence-electron chi connectivity index (χ2n) is 9.00. The van der Waals surface area contributed by atoms with E-state index in [1.807, 2.05) is 24.3 Å². The molecule has 5 rings (SSSR count). The molecule has 4 aromatic rings. The second-order valence-corrected chi connectivity index (χ2v) is 10.3. The minimum Gasteiger partial charge on any atom is -0.354 e. The van der Waals surface area contributed by atoms with Gasteiger partial charge in [-0.2, -0.15) is 0 Å². The summed E-state index contributed by atoms with van der Waals surface area (Å²) in [4.78, 5) is 26.5. The molecule has 1 saturated heterocycles. The molecule has 9 heteroatoms. The van der Waals surface area contributed by atoms with Crippen LogP contribution in [0.25, 0.3) is 0 Å². The van der Waals surface area contributed by atoms with E-state index in [0.717, 1.165) is 44.1 Å². The van der Waals surface area contributed by atoms with Gasteiger partial charge < -0.3 is 10.2 Å². The minimum atomic E-state index is -0.473. The highest BCUT2D eigenvalue weighted by atomic mass is 35.5. The fourth-order valence-corrected chi connectivity index (χ4v) is 5.32. The van der Waals surface area contributed by atoms with Gasteiger partial charge in [-0.25, -0.2) is 14.4 Å². The number of hydrogen-bond donors (Lipinski definition) is 1.